The molecule has 138 valence electrons. The first-order valence-electron chi connectivity index (χ1n) is 9.16. The van der Waals surface area contributed by atoms with E-state index >= 15 is 0 Å². The normalized spacial score (nSPS) is 27.8. The minimum absolute atomic E-state index is 0.0457. The molecule has 2 aliphatic rings. The Morgan fingerprint density at radius 3 is 2.64 bits per heavy atom. The van der Waals surface area contributed by atoms with E-state index in [-0.39, 0.29) is 24.2 Å². The van der Waals surface area contributed by atoms with Gasteiger partial charge in [-0.1, -0.05) is 24.3 Å². The van der Waals surface area contributed by atoms with Gasteiger partial charge in [0.05, 0.1) is 18.8 Å². The first-order valence-corrected chi connectivity index (χ1v) is 9.16. The van der Waals surface area contributed by atoms with E-state index in [0.29, 0.717) is 19.7 Å². The lowest BCUT2D eigenvalue weighted by Gasteiger charge is -2.35. The molecular formula is C19H29N3O3. The standard InChI is InChI=1S/C19H29N3O3/c1-14-11-22(12-15(2)25-14)13-17-6-4-3-5-16(17)9-21-19(23)18-10-20-7-8-24-18/h3-6,14-15,18,20H,7-13H2,1-2H3,(H,21,23)/t14-,15-,18+/m1/s1. The molecule has 25 heavy (non-hydrogen) atoms. The summed E-state index contributed by atoms with van der Waals surface area (Å²) in [5.74, 6) is -0.0457. The van der Waals surface area contributed by atoms with E-state index in [0.717, 1.165) is 31.7 Å². The average Bonchev–Trinajstić information content (AvgIpc) is 2.60. The van der Waals surface area contributed by atoms with E-state index in [9.17, 15) is 4.79 Å². The van der Waals surface area contributed by atoms with Crippen LogP contribution in [0.25, 0.3) is 0 Å². The van der Waals surface area contributed by atoms with Crippen molar-refractivity contribution in [3.05, 3.63) is 35.4 Å². The Kier molecular flexibility index (Phi) is 6.42. The van der Waals surface area contributed by atoms with Crippen LogP contribution in [0.15, 0.2) is 24.3 Å². The molecule has 1 aromatic carbocycles. The lowest BCUT2D eigenvalue weighted by atomic mass is 10.1. The highest BCUT2D eigenvalue weighted by Gasteiger charge is 2.24. The first-order chi connectivity index (χ1) is 12.1. The molecule has 0 radical (unpaired) electrons. The highest BCUT2D eigenvalue weighted by atomic mass is 16.5. The van der Waals surface area contributed by atoms with E-state index in [1.54, 1.807) is 0 Å². The van der Waals surface area contributed by atoms with E-state index in [2.05, 4.69) is 47.6 Å². The molecule has 2 aliphatic heterocycles. The molecule has 3 atom stereocenters. The molecule has 2 fully saturated rings. The van der Waals surface area contributed by atoms with Crippen LogP contribution in [0.5, 0.6) is 0 Å². The fraction of sp³-hybridized carbons (Fsp3) is 0.632. The molecule has 0 aromatic heterocycles. The second kappa shape index (κ2) is 8.76. The minimum atomic E-state index is -0.387. The van der Waals surface area contributed by atoms with Gasteiger partial charge in [0, 0.05) is 39.3 Å². The predicted molar refractivity (Wildman–Crippen MR) is 96.2 cm³/mol. The maximum Gasteiger partial charge on any atom is 0.250 e. The number of ether oxygens (including phenoxy) is 2. The van der Waals surface area contributed by atoms with Gasteiger partial charge >= 0.3 is 0 Å². The molecule has 0 aliphatic carbocycles. The van der Waals surface area contributed by atoms with Gasteiger partial charge in [-0.3, -0.25) is 9.69 Å². The van der Waals surface area contributed by atoms with Gasteiger partial charge in [-0.05, 0) is 25.0 Å². The number of hydrogen-bond donors (Lipinski definition) is 2. The molecule has 1 amide bonds. The van der Waals surface area contributed by atoms with Crippen LogP contribution in [0.2, 0.25) is 0 Å². The number of benzene rings is 1. The van der Waals surface area contributed by atoms with Crippen molar-refractivity contribution in [3.8, 4) is 0 Å². The summed E-state index contributed by atoms with van der Waals surface area (Å²) in [5, 5.41) is 6.20. The summed E-state index contributed by atoms with van der Waals surface area (Å²) in [5.41, 5.74) is 2.42. The van der Waals surface area contributed by atoms with E-state index < -0.39 is 0 Å². The van der Waals surface area contributed by atoms with Crippen LogP contribution < -0.4 is 10.6 Å². The molecule has 2 heterocycles. The summed E-state index contributed by atoms with van der Waals surface area (Å²) in [6, 6.07) is 8.31. The van der Waals surface area contributed by atoms with Crippen molar-refractivity contribution in [1.82, 2.24) is 15.5 Å². The summed E-state index contributed by atoms with van der Waals surface area (Å²) in [6.07, 6.45) is 0.125. The fourth-order valence-electron chi connectivity index (χ4n) is 3.57. The molecule has 1 aromatic rings. The largest absolute Gasteiger partial charge is 0.373 e. The third-order valence-corrected chi connectivity index (χ3v) is 4.68. The Bertz CT molecular complexity index is 565. The van der Waals surface area contributed by atoms with Crippen LogP contribution in [0, 0.1) is 0 Å². The van der Waals surface area contributed by atoms with Gasteiger partial charge in [-0.25, -0.2) is 0 Å². The average molecular weight is 347 g/mol. The van der Waals surface area contributed by atoms with Crippen molar-refractivity contribution in [1.29, 1.82) is 0 Å². The molecule has 6 nitrogen and oxygen atoms in total. The maximum atomic E-state index is 12.3. The van der Waals surface area contributed by atoms with Gasteiger partial charge in [0.15, 0.2) is 0 Å². The molecule has 3 rings (SSSR count). The maximum absolute atomic E-state index is 12.3. The molecule has 0 unspecified atom stereocenters. The molecule has 0 spiro atoms. The Labute approximate surface area is 149 Å². The van der Waals surface area contributed by atoms with Crippen molar-refractivity contribution in [2.75, 3.05) is 32.8 Å². The Morgan fingerprint density at radius 1 is 1.24 bits per heavy atom. The van der Waals surface area contributed by atoms with E-state index in [1.165, 1.54) is 5.56 Å². The molecule has 0 bridgehead atoms. The second-order valence-corrected chi connectivity index (χ2v) is 7.00. The zero-order chi connectivity index (χ0) is 17.6. The Hall–Kier alpha value is -1.47. The highest BCUT2D eigenvalue weighted by Crippen LogP contribution is 2.17. The molecule has 0 saturated carbocycles. The van der Waals surface area contributed by atoms with Crippen LogP contribution >= 0.6 is 0 Å². The fourth-order valence-corrected chi connectivity index (χ4v) is 3.57. The monoisotopic (exact) mass is 347 g/mol. The van der Waals surface area contributed by atoms with Crippen molar-refractivity contribution < 1.29 is 14.3 Å². The Balaban J connectivity index is 1.57. The summed E-state index contributed by atoms with van der Waals surface area (Å²) >= 11 is 0. The van der Waals surface area contributed by atoms with Gasteiger partial charge in [0.1, 0.15) is 6.10 Å². The summed E-state index contributed by atoms with van der Waals surface area (Å²) in [4.78, 5) is 14.7. The van der Waals surface area contributed by atoms with E-state index in [4.69, 9.17) is 9.47 Å². The van der Waals surface area contributed by atoms with Crippen molar-refractivity contribution >= 4 is 5.91 Å². The number of rotatable bonds is 5. The number of morpholine rings is 2. The lowest BCUT2D eigenvalue weighted by molar-refractivity contribution is -0.134. The van der Waals surface area contributed by atoms with E-state index in [1.807, 2.05) is 6.07 Å². The number of nitrogens with one attached hydrogen (secondary N) is 2. The first kappa shape index (κ1) is 18.3. The number of carbonyl (C=O) groups excluding carboxylic acids is 1. The van der Waals surface area contributed by atoms with Gasteiger partial charge in [0.25, 0.3) is 5.91 Å². The minimum Gasteiger partial charge on any atom is -0.373 e. The molecule has 2 saturated heterocycles. The number of carbonyl (C=O) groups is 1. The van der Waals surface area contributed by atoms with Crippen LogP contribution in [-0.4, -0.2) is 61.9 Å². The third kappa shape index (κ3) is 5.25. The predicted octanol–water partition coefficient (Wildman–Crippen LogP) is 0.900. The number of amides is 1. The number of nitrogens with zero attached hydrogens (tertiary/aromatic N) is 1. The van der Waals surface area contributed by atoms with Gasteiger partial charge in [-0.15, -0.1) is 0 Å². The quantitative estimate of drug-likeness (QED) is 0.829. The highest BCUT2D eigenvalue weighted by molar-refractivity contribution is 5.81. The summed E-state index contributed by atoms with van der Waals surface area (Å²) in [6.45, 7) is 9.50. The van der Waals surface area contributed by atoms with Crippen molar-refractivity contribution in [2.24, 2.45) is 0 Å². The summed E-state index contributed by atoms with van der Waals surface area (Å²) in [7, 11) is 0. The molecule has 6 heteroatoms. The smallest absolute Gasteiger partial charge is 0.250 e. The van der Waals surface area contributed by atoms with Crippen LogP contribution in [0.4, 0.5) is 0 Å². The Morgan fingerprint density at radius 2 is 1.96 bits per heavy atom. The zero-order valence-corrected chi connectivity index (χ0v) is 15.2. The molecular weight excluding hydrogens is 318 g/mol. The van der Waals surface area contributed by atoms with Gasteiger partial charge in [0.2, 0.25) is 0 Å². The van der Waals surface area contributed by atoms with Crippen molar-refractivity contribution in [3.63, 3.8) is 0 Å². The second-order valence-electron chi connectivity index (χ2n) is 7.00. The van der Waals surface area contributed by atoms with Crippen LogP contribution in [0.3, 0.4) is 0 Å². The SMILES string of the molecule is C[C@@H]1CN(Cc2ccccc2CNC(=O)[C@@H]2CNCCO2)C[C@@H](C)O1. The number of hydrogen-bond acceptors (Lipinski definition) is 5. The van der Waals surface area contributed by atoms with Gasteiger partial charge in [-0.2, -0.15) is 0 Å². The van der Waals surface area contributed by atoms with Crippen LogP contribution in [0.1, 0.15) is 25.0 Å². The van der Waals surface area contributed by atoms with Gasteiger partial charge < -0.3 is 20.1 Å². The van der Waals surface area contributed by atoms with Crippen molar-refractivity contribution in [2.45, 2.75) is 45.2 Å². The topological polar surface area (TPSA) is 62.8 Å². The summed E-state index contributed by atoms with van der Waals surface area (Å²) < 4.78 is 11.3. The molecule has 2 N–H and O–H groups in total. The zero-order valence-electron chi connectivity index (χ0n) is 15.2. The van der Waals surface area contributed by atoms with Crippen LogP contribution in [-0.2, 0) is 27.4 Å². The lowest BCUT2D eigenvalue weighted by Crippen LogP contribution is -2.47. The third-order valence-electron chi connectivity index (χ3n) is 4.68.